The summed E-state index contributed by atoms with van der Waals surface area (Å²) in [4.78, 5) is 0. The van der Waals surface area contributed by atoms with Crippen molar-refractivity contribution >= 4 is 10.2 Å². The van der Waals surface area contributed by atoms with Gasteiger partial charge in [0.05, 0.1) is 13.2 Å². The summed E-state index contributed by atoms with van der Waals surface area (Å²) < 4.78 is 10.8. The topological polar surface area (TPSA) is 18.5 Å². The molecule has 1 heterocycles. The Balaban J connectivity index is 1.71. The Morgan fingerprint density at radius 2 is 1.25 bits per heavy atom. The largest absolute Gasteiger partial charge is 0.350 e. The number of ether oxygens (including phenoxy) is 2. The van der Waals surface area contributed by atoms with Gasteiger partial charge < -0.3 is 9.47 Å². The third-order valence-corrected chi connectivity index (χ3v) is 3.94. The van der Waals surface area contributed by atoms with Crippen LogP contribution < -0.4 is 0 Å². The SMILES string of the molecule is [SiH3]CCCCCCCCCCC1OCCO1. The Morgan fingerprint density at radius 1 is 0.750 bits per heavy atom. The van der Waals surface area contributed by atoms with Crippen molar-refractivity contribution in [2.45, 2.75) is 70.1 Å². The summed E-state index contributed by atoms with van der Waals surface area (Å²) in [5.41, 5.74) is 0. The van der Waals surface area contributed by atoms with Crippen LogP contribution in [0, 0.1) is 0 Å². The standard InChI is InChI=1S/C13H28O2Si/c16-12-8-6-4-2-1-3-5-7-9-13-14-10-11-15-13/h13H,1-12H2,16H3. The van der Waals surface area contributed by atoms with E-state index in [-0.39, 0.29) is 6.29 Å². The van der Waals surface area contributed by atoms with E-state index in [0.29, 0.717) is 0 Å². The Bertz CT molecular complexity index is 147. The van der Waals surface area contributed by atoms with Crippen LogP contribution in [0.4, 0.5) is 0 Å². The van der Waals surface area contributed by atoms with Crippen LogP contribution >= 0.6 is 0 Å². The van der Waals surface area contributed by atoms with E-state index in [1.165, 1.54) is 67.7 Å². The van der Waals surface area contributed by atoms with Gasteiger partial charge in [-0.25, -0.2) is 0 Å². The Morgan fingerprint density at radius 3 is 1.81 bits per heavy atom. The average Bonchev–Trinajstić information content (AvgIpc) is 2.80. The van der Waals surface area contributed by atoms with Gasteiger partial charge in [0.15, 0.2) is 6.29 Å². The molecule has 3 heteroatoms. The third kappa shape index (κ3) is 7.42. The van der Waals surface area contributed by atoms with Crippen molar-refractivity contribution in [3.63, 3.8) is 0 Å². The van der Waals surface area contributed by atoms with E-state index in [1.807, 2.05) is 0 Å². The molecule has 0 unspecified atom stereocenters. The van der Waals surface area contributed by atoms with E-state index in [1.54, 1.807) is 0 Å². The molecule has 1 fully saturated rings. The predicted molar refractivity (Wildman–Crippen MR) is 72.0 cm³/mol. The van der Waals surface area contributed by atoms with Gasteiger partial charge in [0.1, 0.15) is 0 Å². The van der Waals surface area contributed by atoms with Crippen LogP contribution in [0.15, 0.2) is 0 Å². The predicted octanol–water partition coefficient (Wildman–Crippen LogP) is 2.65. The molecule has 96 valence electrons. The number of unbranched alkanes of at least 4 members (excludes halogenated alkanes) is 7. The molecule has 0 saturated carbocycles. The minimum absolute atomic E-state index is 0.119. The highest BCUT2D eigenvalue weighted by molar-refractivity contribution is 6.08. The van der Waals surface area contributed by atoms with Crippen LogP contribution in [0.3, 0.4) is 0 Å². The van der Waals surface area contributed by atoms with E-state index in [9.17, 15) is 0 Å². The first-order chi connectivity index (χ1) is 7.93. The van der Waals surface area contributed by atoms with Gasteiger partial charge in [-0.1, -0.05) is 51.0 Å². The maximum Gasteiger partial charge on any atom is 0.157 e. The van der Waals surface area contributed by atoms with Crippen LogP contribution in [0.5, 0.6) is 0 Å². The normalized spacial score (nSPS) is 17.2. The maximum atomic E-state index is 5.41. The number of hydrogen-bond donors (Lipinski definition) is 0. The monoisotopic (exact) mass is 244 g/mol. The summed E-state index contributed by atoms with van der Waals surface area (Å²) in [6.07, 6.45) is 12.5. The fourth-order valence-corrected chi connectivity index (χ4v) is 2.70. The van der Waals surface area contributed by atoms with E-state index in [2.05, 4.69) is 0 Å². The molecule has 0 radical (unpaired) electrons. The van der Waals surface area contributed by atoms with E-state index < -0.39 is 0 Å². The third-order valence-electron chi connectivity index (χ3n) is 3.23. The van der Waals surface area contributed by atoms with E-state index in [4.69, 9.17) is 9.47 Å². The molecule has 1 aliphatic rings. The van der Waals surface area contributed by atoms with Gasteiger partial charge in [0.25, 0.3) is 0 Å². The molecule has 0 aromatic carbocycles. The molecule has 0 spiro atoms. The molecule has 0 amide bonds. The first kappa shape index (κ1) is 14.2. The zero-order chi connectivity index (χ0) is 11.5. The molecule has 0 aromatic heterocycles. The summed E-state index contributed by atoms with van der Waals surface area (Å²) in [5, 5.41) is 0. The zero-order valence-electron chi connectivity index (χ0n) is 10.9. The molecule has 1 rings (SSSR count). The molecule has 0 atom stereocenters. The summed E-state index contributed by atoms with van der Waals surface area (Å²) >= 11 is 0. The lowest BCUT2D eigenvalue weighted by molar-refractivity contribution is -0.0480. The molecule has 0 N–H and O–H groups in total. The first-order valence-corrected chi connectivity index (χ1v) is 8.58. The summed E-state index contributed by atoms with van der Waals surface area (Å²) in [6.45, 7) is 1.59. The summed E-state index contributed by atoms with van der Waals surface area (Å²) in [6, 6.07) is 1.49. The lowest BCUT2D eigenvalue weighted by Crippen LogP contribution is -2.06. The molecular weight excluding hydrogens is 216 g/mol. The van der Waals surface area contributed by atoms with Crippen molar-refractivity contribution in [3.8, 4) is 0 Å². The molecule has 1 aliphatic heterocycles. The summed E-state index contributed by atoms with van der Waals surface area (Å²) in [5.74, 6) is 0. The second kappa shape index (κ2) is 10.3. The minimum Gasteiger partial charge on any atom is -0.350 e. The Hall–Kier alpha value is 0.137. The average molecular weight is 244 g/mol. The minimum atomic E-state index is 0.119. The van der Waals surface area contributed by atoms with Gasteiger partial charge in [0.2, 0.25) is 0 Å². The van der Waals surface area contributed by atoms with Crippen molar-refractivity contribution in [2.75, 3.05) is 13.2 Å². The van der Waals surface area contributed by atoms with Gasteiger partial charge in [0, 0.05) is 10.2 Å². The van der Waals surface area contributed by atoms with Gasteiger partial charge in [-0.2, -0.15) is 0 Å². The van der Waals surface area contributed by atoms with Gasteiger partial charge in [-0.15, -0.1) is 0 Å². The van der Waals surface area contributed by atoms with Gasteiger partial charge >= 0.3 is 0 Å². The van der Waals surface area contributed by atoms with Crippen molar-refractivity contribution in [1.29, 1.82) is 0 Å². The highest BCUT2D eigenvalue weighted by Gasteiger charge is 2.14. The summed E-state index contributed by atoms with van der Waals surface area (Å²) in [7, 11) is 1.39. The van der Waals surface area contributed by atoms with Gasteiger partial charge in [-0.05, 0) is 12.8 Å². The smallest absolute Gasteiger partial charge is 0.157 e. The van der Waals surface area contributed by atoms with Crippen LogP contribution in [0.2, 0.25) is 6.04 Å². The van der Waals surface area contributed by atoms with Crippen LogP contribution in [0.1, 0.15) is 57.8 Å². The quantitative estimate of drug-likeness (QED) is 0.434. The highest BCUT2D eigenvalue weighted by atomic mass is 28.1. The zero-order valence-corrected chi connectivity index (χ0v) is 12.9. The molecule has 1 saturated heterocycles. The van der Waals surface area contributed by atoms with E-state index in [0.717, 1.165) is 19.6 Å². The van der Waals surface area contributed by atoms with Crippen LogP contribution in [0.25, 0.3) is 0 Å². The van der Waals surface area contributed by atoms with Crippen LogP contribution in [-0.2, 0) is 9.47 Å². The lowest BCUT2D eigenvalue weighted by Gasteiger charge is -2.08. The van der Waals surface area contributed by atoms with Crippen molar-refractivity contribution in [1.82, 2.24) is 0 Å². The molecule has 0 aliphatic carbocycles. The molecular formula is C13H28O2Si. The Kier molecular flexibility index (Phi) is 9.14. The van der Waals surface area contributed by atoms with Crippen molar-refractivity contribution < 1.29 is 9.47 Å². The van der Waals surface area contributed by atoms with E-state index >= 15 is 0 Å². The van der Waals surface area contributed by atoms with Crippen molar-refractivity contribution in [2.24, 2.45) is 0 Å². The molecule has 0 bridgehead atoms. The van der Waals surface area contributed by atoms with Gasteiger partial charge in [-0.3, -0.25) is 0 Å². The molecule has 0 aromatic rings. The first-order valence-electron chi connectivity index (χ1n) is 7.16. The molecule has 16 heavy (non-hydrogen) atoms. The number of hydrogen-bond acceptors (Lipinski definition) is 2. The highest BCUT2D eigenvalue weighted by Crippen LogP contribution is 2.14. The fraction of sp³-hybridized carbons (Fsp3) is 1.00. The van der Waals surface area contributed by atoms with Crippen LogP contribution in [-0.4, -0.2) is 29.7 Å². The second-order valence-corrected chi connectivity index (χ2v) is 5.79. The fourth-order valence-electron chi connectivity index (χ4n) is 2.20. The number of rotatable bonds is 10. The lowest BCUT2D eigenvalue weighted by atomic mass is 10.1. The Labute approximate surface area is 104 Å². The van der Waals surface area contributed by atoms with Crippen molar-refractivity contribution in [3.05, 3.63) is 0 Å². The maximum absolute atomic E-state index is 5.41. The second-order valence-electron chi connectivity index (χ2n) is 4.79. The molecule has 2 nitrogen and oxygen atoms in total.